The van der Waals surface area contributed by atoms with Gasteiger partial charge in [-0.3, -0.25) is 4.90 Å². The first-order valence-electron chi connectivity index (χ1n) is 5.95. The Morgan fingerprint density at radius 3 is 2.88 bits per heavy atom. The number of rotatable bonds is 1. The lowest BCUT2D eigenvalue weighted by molar-refractivity contribution is 0.0164. The molecule has 1 saturated heterocycles. The second kappa shape index (κ2) is 4.15. The van der Waals surface area contributed by atoms with Crippen molar-refractivity contribution in [1.82, 2.24) is 4.90 Å². The van der Waals surface area contributed by atoms with E-state index in [-0.39, 0.29) is 5.82 Å². The van der Waals surface area contributed by atoms with E-state index in [0.717, 1.165) is 39.1 Å². The highest BCUT2D eigenvalue weighted by Gasteiger charge is 2.29. The van der Waals surface area contributed by atoms with Gasteiger partial charge in [0.2, 0.25) is 0 Å². The predicted octanol–water partition coefficient (Wildman–Crippen LogP) is 2.15. The van der Waals surface area contributed by atoms with Crippen molar-refractivity contribution in [3.63, 3.8) is 0 Å². The molecule has 0 radical (unpaired) electrons. The number of nitrogens with zero attached hydrogens (tertiary/aromatic N) is 1. The second-order valence-electron chi connectivity index (χ2n) is 4.55. The molecule has 1 aromatic carbocycles. The lowest BCUT2D eigenvalue weighted by atomic mass is 10.1. The van der Waals surface area contributed by atoms with Crippen molar-refractivity contribution in [3.05, 3.63) is 35.1 Å². The van der Waals surface area contributed by atoms with Crippen LogP contribution < -0.4 is 0 Å². The number of hydrogen-bond donors (Lipinski definition) is 0. The molecule has 0 saturated carbocycles. The Hall–Kier alpha value is -0.930. The predicted molar refractivity (Wildman–Crippen MR) is 59.9 cm³/mol. The van der Waals surface area contributed by atoms with Crippen LogP contribution >= 0.6 is 0 Å². The van der Waals surface area contributed by atoms with Crippen molar-refractivity contribution in [3.8, 4) is 0 Å². The third kappa shape index (κ3) is 1.74. The molecule has 0 spiro atoms. The monoisotopic (exact) mass is 221 g/mol. The van der Waals surface area contributed by atoms with Gasteiger partial charge in [0.25, 0.3) is 0 Å². The first-order valence-corrected chi connectivity index (χ1v) is 5.95. The molecule has 0 aromatic heterocycles. The van der Waals surface area contributed by atoms with Gasteiger partial charge in [-0.1, -0.05) is 6.07 Å². The molecule has 1 aliphatic heterocycles. The lowest BCUT2D eigenvalue weighted by Crippen LogP contribution is -2.38. The Balaban J connectivity index is 1.86. The van der Waals surface area contributed by atoms with E-state index in [4.69, 9.17) is 4.74 Å². The molecule has 1 aromatic rings. The van der Waals surface area contributed by atoms with Crippen molar-refractivity contribution < 1.29 is 9.13 Å². The van der Waals surface area contributed by atoms with E-state index < -0.39 is 0 Å². The van der Waals surface area contributed by atoms with Gasteiger partial charge in [0.05, 0.1) is 13.2 Å². The van der Waals surface area contributed by atoms with Crippen LogP contribution in [0.3, 0.4) is 0 Å². The Labute approximate surface area is 95.0 Å². The number of aryl methyl sites for hydroxylation is 1. The summed E-state index contributed by atoms with van der Waals surface area (Å²) in [7, 11) is 0. The Morgan fingerprint density at radius 1 is 1.25 bits per heavy atom. The summed E-state index contributed by atoms with van der Waals surface area (Å²) in [5.41, 5.74) is 2.51. The van der Waals surface area contributed by atoms with E-state index in [1.54, 1.807) is 12.1 Å². The molecule has 2 nitrogen and oxygen atoms in total. The largest absolute Gasteiger partial charge is 0.379 e. The summed E-state index contributed by atoms with van der Waals surface area (Å²) < 4.78 is 18.6. The minimum Gasteiger partial charge on any atom is -0.379 e. The summed E-state index contributed by atoms with van der Waals surface area (Å²) in [6.45, 7) is 3.56. The topological polar surface area (TPSA) is 12.5 Å². The molecular formula is C13H16FNO. The lowest BCUT2D eigenvalue weighted by Gasteiger charge is -2.32. The van der Waals surface area contributed by atoms with Crippen LogP contribution in [0.15, 0.2) is 18.2 Å². The van der Waals surface area contributed by atoms with E-state index in [9.17, 15) is 4.39 Å². The molecule has 3 heteroatoms. The molecule has 16 heavy (non-hydrogen) atoms. The summed E-state index contributed by atoms with van der Waals surface area (Å²) in [4.78, 5) is 2.43. The molecule has 0 bridgehead atoms. The molecular weight excluding hydrogens is 205 g/mol. The number of morpholine rings is 1. The minimum absolute atomic E-state index is 0.112. The normalized spacial score (nSPS) is 25.7. The first kappa shape index (κ1) is 10.2. The summed E-state index contributed by atoms with van der Waals surface area (Å²) in [5, 5.41) is 0. The summed E-state index contributed by atoms with van der Waals surface area (Å²) >= 11 is 0. The molecule has 86 valence electrons. The first-order chi connectivity index (χ1) is 7.84. The number of ether oxygens (including phenoxy) is 1. The quantitative estimate of drug-likeness (QED) is 0.720. The zero-order valence-electron chi connectivity index (χ0n) is 9.29. The van der Waals surface area contributed by atoms with Crippen LogP contribution in [0.4, 0.5) is 4.39 Å². The average Bonchev–Trinajstić information content (AvgIpc) is 2.73. The molecule has 2 aliphatic rings. The molecule has 1 fully saturated rings. The average molecular weight is 221 g/mol. The highest BCUT2D eigenvalue weighted by molar-refractivity contribution is 5.35. The van der Waals surface area contributed by atoms with Gasteiger partial charge in [0.1, 0.15) is 5.82 Å². The van der Waals surface area contributed by atoms with Gasteiger partial charge < -0.3 is 4.74 Å². The SMILES string of the molecule is Fc1ccc2c(c1)C(N1CCOCC1)CC2. The second-order valence-corrected chi connectivity index (χ2v) is 4.55. The summed E-state index contributed by atoms with van der Waals surface area (Å²) in [6, 6.07) is 5.63. The molecule has 3 rings (SSSR count). The summed E-state index contributed by atoms with van der Waals surface area (Å²) in [5.74, 6) is -0.112. The van der Waals surface area contributed by atoms with Crippen LogP contribution in [0.25, 0.3) is 0 Å². The van der Waals surface area contributed by atoms with Crippen LogP contribution in [0.1, 0.15) is 23.6 Å². The van der Waals surface area contributed by atoms with Gasteiger partial charge >= 0.3 is 0 Å². The smallest absolute Gasteiger partial charge is 0.123 e. The maximum atomic E-state index is 13.3. The Bertz CT molecular complexity index is 388. The maximum Gasteiger partial charge on any atom is 0.123 e. The van der Waals surface area contributed by atoms with Crippen LogP contribution in [0.2, 0.25) is 0 Å². The molecule has 0 N–H and O–H groups in total. The Morgan fingerprint density at radius 2 is 2.06 bits per heavy atom. The van der Waals surface area contributed by atoms with Crippen molar-refractivity contribution in [2.75, 3.05) is 26.3 Å². The van der Waals surface area contributed by atoms with Crippen molar-refractivity contribution >= 4 is 0 Å². The molecule has 1 aliphatic carbocycles. The van der Waals surface area contributed by atoms with E-state index in [1.165, 1.54) is 11.1 Å². The van der Waals surface area contributed by atoms with E-state index in [0.29, 0.717) is 6.04 Å². The molecule has 1 atom stereocenters. The maximum absolute atomic E-state index is 13.3. The number of halogens is 1. The van der Waals surface area contributed by atoms with E-state index in [2.05, 4.69) is 4.90 Å². The minimum atomic E-state index is -0.112. The van der Waals surface area contributed by atoms with Gasteiger partial charge in [-0.2, -0.15) is 0 Å². The number of fused-ring (bicyclic) bond motifs is 1. The third-order valence-corrected chi connectivity index (χ3v) is 3.64. The number of hydrogen-bond acceptors (Lipinski definition) is 2. The molecule has 1 unspecified atom stereocenters. The van der Waals surface area contributed by atoms with Crippen LogP contribution in [-0.4, -0.2) is 31.2 Å². The standard InChI is InChI=1S/C13H16FNO/c14-11-3-1-10-2-4-13(12(10)9-11)15-5-7-16-8-6-15/h1,3,9,13H,2,4-8H2. The van der Waals surface area contributed by atoms with Crippen LogP contribution in [-0.2, 0) is 11.2 Å². The zero-order valence-corrected chi connectivity index (χ0v) is 9.29. The fraction of sp³-hybridized carbons (Fsp3) is 0.538. The van der Waals surface area contributed by atoms with Gasteiger partial charge in [-0.25, -0.2) is 4.39 Å². The van der Waals surface area contributed by atoms with Gasteiger partial charge in [-0.15, -0.1) is 0 Å². The van der Waals surface area contributed by atoms with Crippen molar-refractivity contribution in [1.29, 1.82) is 0 Å². The zero-order chi connectivity index (χ0) is 11.0. The fourth-order valence-corrected chi connectivity index (χ4v) is 2.82. The highest BCUT2D eigenvalue weighted by atomic mass is 19.1. The van der Waals surface area contributed by atoms with Crippen LogP contribution in [0.5, 0.6) is 0 Å². The van der Waals surface area contributed by atoms with Gasteiger partial charge in [0, 0.05) is 19.1 Å². The van der Waals surface area contributed by atoms with Crippen molar-refractivity contribution in [2.45, 2.75) is 18.9 Å². The summed E-state index contributed by atoms with van der Waals surface area (Å²) in [6.07, 6.45) is 2.20. The highest BCUT2D eigenvalue weighted by Crippen LogP contribution is 2.36. The van der Waals surface area contributed by atoms with E-state index in [1.807, 2.05) is 6.07 Å². The van der Waals surface area contributed by atoms with E-state index >= 15 is 0 Å². The fourth-order valence-electron chi connectivity index (χ4n) is 2.82. The van der Waals surface area contributed by atoms with Gasteiger partial charge in [0.15, 0.2) is 0 Å². The molecule has 0 amide bonds. The van der Waals surface area contributed by atoms with Crippen LogP contribution in [0, 0.1) is 5.82 Å². The Kier molecular flexibility index (Phi) is 2.65. The molecule has 1 heterocycles. The third-order valence-electron chi connectivity index (χ3n) is 3.64. The van der Waals surface area contributed by atoms with Crippen molar-refractivity contribution in [2.24, 2.45) is 0 Å². The van der Waals surface area contributed by atoms with Gasteiger partial charge in [-0.05, 0) is 36.1 Å². The number of benzene rings is 1.